The largest absolute Gasteiger partial charge is 0.347 e. The second kappa shape index (κ2) is 8.10. The molecule has 0 unspecified atom stereocenters. The fourth-order valence-electron chi connectivity index (χ4n) is 3.03. The van der Waals surface area contributed by atoms with Gasteiger partial charge < -0.3 is 10.2 Å². The van der Waals surface area contributed by atoms with E-state index in [9.17, 15) is 0 Å². The molecule has 1 aliphatic rings. The van der Waals surface area contributed by atoms with Crippen LogP contribution in [0.4, 0.5) is 23.5 Å². The number of fused-ring (bicyclic) bond motifs is 1. The Bertz CT molecular complexity index is 1070. The van der Waals surface area contributed by atoms with Crippen molar-refractivity contribution in [3.8, 4) is 0 Å². The summed E-state index contributed by atoms with van der Waals surface area (Å²) in [5.74, 6) is 1.37. The normalized spacial score (nSPS) is 12.6. The van der Waals surface area contributed by atoms with Crippen molar-refractivity contribution in [2.45, 2.75) is 13.3 Å². The van der Waals surface area contributed by atoms with Gasteiger partial charge in [-0.1, -0.05) is 48.0 Å². The summed E-state index contributed by atoms with van der Waals surface area (Å²) in [6.45, 7) is 2.05. The molecule has 2 aromatic carbocycles. The van der Waals surface area contributed by atoms with Crippen LogP contribution in [0.1, 0.15) is 16.7 Å². The van der Waals surface area contributed by atoms with Crippen molar-refractivity contribution in [1.29, 1.82) is 0 Å². The van der Waals surface area contributed by atoms with Gasteiger partial charge >= 0.3 is 0 Å². The number of aromatic nitrogens is 3. The van der Waals surface area contributed by atoms with E-state index in [1.54, 1.807) is 6.21 Å². The molecule has 0 bridgehead atoms. The Morgan fingerprint density at radius 1 is 0.966 bits per heavy atom. The molecule has 0 saturated heterocycles. The molecule has 146 valence electrons. The van der Waals surface area contributed by atoms with E-state index >= 15 is 0 Å². The van der Waals surface area contributed by atoms with Crippen LogP contribution in [0.3, 0.4) is 0 Å². The molecule has 0 amide bonds. The average Bonchev–Trinajstić information content (AvgIpc) is 3.13. The second-order valence-corrected chi connectivity index (χ2v) is 7.06. The summed E-state index contributed by atoms with van der Waals surface area (Å²) in [5.41, 5.74) is 8.65. The zero-order valence-corrected chi connectivity index (χ0v) is 16.7. The Balaban J connectivity index is 1.52. The number of benzene rings is 2. The highest BCUT2D eigenvalue weighted by Crippen LogP contribution is 2.25. The summed E-state index contributed by atoms with van der Waals surface area (Å²) in [7, 11) is 3.77. The topological polar surface area (TPSA) is 78.3 Å². The summed E-state index contributed by atoms with van der Waals surface area (Å²) in [4.78, 5) is 15.1. The fraction of sp³-hybridized carbons (Fsp3) is 0.182. The van der Waals surface area contributed by atoms with E-state index in [0.717, 1.165) is 17.7 Å². The standard InChI is InChI=1S/C22H23N7/c1-15-8-12-18(13-9-15)24-20-25-21(27-22(26-20)29(2)3)28-23-14-17-11-10-16-6-4-5-7-19(16)17/h4-9,11-14H,10H2,1-3H3,(H2,24,25,26,27,28)/b23-14+. The number of hydrogen-bond acceptors (Lipinski definition) is 7. The number of hydrogen-bond donors (Lipinski definition) is 2. The van der Waals surface area contributed by atoms with Crippen molar-refractivity contribution in [3.05, 3.63) is 71.3 Å². The van der Waals surface area contributed by atoms with E-state index in [1.165, 1.54) is 16.7 Å². The molecule has 3 aromatic rings. The molecule has 0 spiro atoms. The van der Waals surface area contributed by atoms with E-state index in [2.05, 4.69) is 62.0 Å². The monoisotopic (exact) mass is 385 g/mol. The first-order chi connectivity index (χ1) is 14.1. The molecule has 0 saturated carbocycles. The van der Waals surface area contributed by atoms with Crippen LogP contribution in [-0.2, 0) is 6.42 Å². The van der Waals surface area contributed by atoms with Gasteiger partial charge in [0.25, 0.3) is 0 Å². The van der Waals surface area contributed by atoms with Gasteiger partial charge in [0.2, 0.25) is 17.8 Å². The number of aryl methyl sites for hydroxylation is 1. The SMILES string of the molecule is Cc1ccc(Nc2nc(N/N=C/C3=CCc4ccccc43)nc(N(C)C)n2)cc1. The summed E-state index contributed by atoms with van der Waals surface area (Å²) < 4.78 is 0. The van der Waals surface area contributed by atoms with Gasteiger partial charge in [-0.2, -0.15) is 20.1 Å². The first kappa shape index (κ1) is 18.6. The molecule has 7 heteroatoms. The number of allylic oxidation sites excluding steroid dienone is 2. The molecule has 0 fully saturated rings. The number of rotatable bonds is 6. The molecular weight excluding hydrogens is 362 g/mol. The van der Waals surface area contributed by atoms with Gasteiger partial charge in [0.1, 0.15) is 0 Å². The third-order valence-electron chi connectivity index (χ3n) is 4.57. The quantitative estimate of drug-likeness (QED) is 0.493. The smallest absolute Gasteiger partial charge is 0.250 e. The van der Waals surface area contributed by atoms with Crippen molar-refractivity contribution < 1.29 is 0 Å². The molecule has 0 atom stereocenters. The van der Waals surface area contributed by atoms with E-state index in [4.69, 9.17) is 0 Å². The minimum atomic E-state index is 0.376. The number of nitrogens with zero attached hydrogens (tertiary/aromatic N) is 5. The maximum absolute atomic E-state index is 4.46. The molecule has 1 aliphatic carbocycles. The van der Waals surface area contributed by atoms with Crippen molar-refractivity contribution in [1.82, 2.24) is 15.0 Å². The molecule has 0 aliphatic heterocycles. The van der Waals surface area contributed by atoms with Crippen molar-refractivity contribution in [2.24, 2.45) is 5.10 Å². The Morgan fingerprint density at radius 2 is 1.72 bits per heavy atom. The van der Waals surface area contributed by atoms with Gasteiger partial charge in [-0.05, 0) is 42.2 Å². The summed E-state index contributed by atoms with van der Waals surface area (Å²) >= 11 is 0. The molecular formula is C22H23N7. The van der Waals surface area contributed by atoms with E-state index in [-0.39, 0.29) is 0 Å². The van der Waals surface area contributed by atoms with Crippen molar-refractivity contribution in [3.63, 3.8) is 0 Å². The van der Waals surface area contributed by atoms with Crippen LogP contribution < -0.4 is 15.6 Å². The van der Waals surface area contributed by atoms with Gasteiger partial charge in [-0.15, -0.1) is 0 Å². The van der Waals surface area contributed by atoms with Crippen LogP contribution in [0.2, 0.25) is 0 Å². The van der Waals surface area contributed by atoms with Crippen molar-refractivity contribution >= 4 is 35.3 Å². The number of anilines is 4. The van der Waals surface area contributed by atoms with Crippen LogP contribution >= 0.6 is 0 Å². The summed E-state index contributed by atoms with van der Waals surface area (Å²) in [6.07, 6.45) is 4.90. The molecule has 7 nitrogen and oxygen atoms in total. The van der Waals surface area contributed by atoms with Gasteiger partial charge in [0.05, 0.1) is 6.21 Å². The average molecular weight is 385 g/mol. The highest BCUT2D eigenvalue weighted by atomic mass is 15.4. The van der Waals surface area contributed by atoms with Gasteiger partial charge in [0, 0.05) is 19.8 Å². The van der Waals surface area contributed by atoms with Crippen molar-refractivity contribution in [2.75, 3.05) is 29.7 Å². The first-order valence-corrected chi connectivity index (χ1v) is 9.43. The van der Waals surface area contributed by atoms with E-state index in [1.807, 2.05) is 49.3 Å². The summed E-state index contributed by atoms with van der Waals surface area (Å²) in [5, 5.41) is 7.56. The maximum atomic E-state index is 4.46. The Hall–Kier alpha value is -3.74. The molecule has 1 heterocycles. The second-order valence-electron chi connectivity index (χ2n) is 7.06. The molecule has 2 N–H and O–H groups in total. The Morgan fingerprint density at radius 3 is 2.52 bits per heavy atom. The van der Waals surface area contributed by atoms with Crippen LogP contribution in [0.5, 0.6) is 0 Å². The summed E-state index contributed by atoms with van der Waals surface area (Å²) in [6, 6.07) is 16.4. The predicted octanol–water partition coefficient (Wildman–Crippen LogP) is 4.03. The highest BCUT2D eigenvalue weighted by Gasteiger charge is 2.12. The van der Waals surface area contributed by atoms with Crippen LogP contribution in [0, 0.1) is 6.92 Å². The Kier molecular flexibility index (Phi) is 5.20. The zero-order chi connectivity index (χ0) is 20.2. The first-order valence-electron chi connectivity index (χ1n) is 9.43. The zero-order valence-electron chi connectivity index (χ0n) is 16.7. The van der Waals surface area contributed by atoms with E-state index < -0.39 is 0 Å². The highest BCUT2D eigenvalue weighted by molar-refractivity contribution is 6.11. The van der Waals surface area contributed by atoms with Crippen LogP contribution in [0.15, 0.2) is 59.7 Å². The molecule has 4 rings (SSSR count). The lowest BCUT2D eigenvalue weighted by molar-refractivity contribution is 0.957. The molecule has 29 heavy (non-hydrogen) atoms. The number of nitrogens with one attached hydrogen (secondary N) is 2. The maximum Gasteiger partial charge on any atom is 0.250 e. The third kappa shape index (κ3) is 4.40. The molecule has 1 aromatic heterocycles. The fourth-order valence-corrected chi connectivity index (χ4v) is 3.03. The van der Waals surface area contributed by atoms with Gasteiger partial charge in [-0.25, -0.2) is 5.43 Å². The minimum Gasteiger partial charge on any atom is -0.347 e. The lowest BCUT2D eigenvalue weighted by Crippen LogP contribution is -2.15. The van der Waals surface area contributed by atoms with Crippen LogP contribution in [0.25, 0.3) is 5.57 Å². The third-order valence-corrected chi connectivity index (χ3v) is 4.57. The molecule has 0 radical (unpaired) electrons. The lowest BCUT2D eigenvalue weighted by atomic mass is 10.1. The van der Waals surface area contributed by atoms with E-state index in [0.29, 0.717) is 17.8 Å². The number of hydrazone groups is 1. The van der Waals surface area contributed by atoms with Gasteiger partial charge in [-0.3, -0.25) is 0 Å². The van der Waals surface area contributed by atoms with Gasteiger partial charge in [0.15, 0.2) is 0 Å². The predicted molar refractivity (Wildman–Crippen MR) is 119 cm³/mol. The van der Waals surface area contributed by atoms with Crippen LogP contribution in [-0.4, -0.2) is 35.3 Å². The lowest BCUT2D eigenvalue weighted by Gasteiger charge is -2.13. The minimum absolute atomic E-state index is 0.376. The Labute approximate surface area is 170 Å².